The van der Waals surface area contributed by atoms with Crippen LogP contribution in [0.2, 0.25) is 0 Å². The summed E-state index contributed by atoms with van der Waals surface area (Å²) in [4.78, 5) is 11.5. The zero-order valence-electron chi connectivity index (χ0n) is 8.17. The molecule has 0 bridgehead atoms. The van der Waals surface area contributed by atoms with E-state index in [1.165, 1.54) is 0 Å². The van der Waals surface area contributed by atoms with E-state index in [-0.39, 0.29) is 11.4 Å². The van der Waals surface area contributed by atoms with Crippen LogP contribution in [0.1, 0.15) is 33.1 Å². The van der Waals surface area contributed by atoms with E-state index in [0.717, 1.165) is 19.3 Å². The standard InChI is InChI=1S/C10H16O3/c1-9-5-3-4-7(11)10(9,2)6-13-8(9)12/h7,11H,3-6H2,1-2H3/t7-,9-,10-/m0/s1. The van der Waals surface area contributed by atoms with Gasteiger partial charge in [-0.05, 0) is 26.2 Å². The number of hydrogen-bond acceptors (Lipinski definition) is 3. The smallest absolute Gasteiger partial charge is 0.312 e. The maximum atomic E-state index is 11.5. The maximum absolute atomic E-state index is 11.5. The van der Waals surface area contributed by atoms with E-state index in [2.05, 4.69) is 0 Å². The van der Waals surface area contributed by atoms with Gasteiger partial charge in [0.1, 0.15) is 6.61 Å². The van der Waals surface area contributed by atoms with Crippen LogP contribution in [-0.2, 0) is 9.53 Å². The molecule has 1 saturated heterocycles. The number of ether oxygens (including phenoxy) is 1. The van der Waals surface area contributed by atoms with E-state index in [0.29, 0.717) is 6.61 Å². The number of esters is 1. The molecule has 1 saturated carbocycles. The molecule has 0 radical (unpaired) electrons. The molecule has 0 aromatic carbocycles. The summed E-state index contributed by atoms with van der Waals surface area (Å²) in [5, 5.41) is 9.89. The Morgan fingerprint density at radius 3 is 2.85 bits per heavy atom. The van der Waals surface area contributed by atoms with Gasteiger partial charge in [0.15, 0.2) is 0 Å². The lowest BCUT2D eigenvalue weighted by Gasteiger charge is -2.44. The summed E-state index contributed by atoms with van der Waals surface area (Å²) >= 11 is 0. The number of rotatable bonds is 0. The Labute approximate surface area is 78.1 Å². The second-order valence-corrected chi connectivity index (χ2v) is 4.73. The predicted molar refractivity (Wildman–Crippen MR) is 47.0 cm³/mol. The quantitative estimate of drug-likeness (QED) is 0.573. The SMILES string of the molecule is C[C@@]12CCC[C@H](O)[C@]1(C)COC2=O. The summed E-state index contributed by atoms with van der Waals surface area (Å²) in [5.41, 5.74) is -0.812. The summed E-state index contributed by atoms with van der Waals surface area (Å²) in [6.45, 7) is 4.26. The highest BCUT2D eigenvalue weighted by atomic mass is 16.5. The van der Waals surface area contributed by atoms with Crippen LogP contribution in [-0.4, -0.2) is 23.8 Å². The maximum Gasteiger partial charge on any atom is 0.312 e. The summed E-state index contributed by atoms with van der Waals surface area (Å²) in [6.07, 6.45) is 2.17. The van der Waals surface area contributed by atoms with Crippen molar-refractivity contribution in [1.82, 2.24) is 0 Å². The molecule has 2 fully saturated rings. The zero-order valence-corrected chi connectivity index (χ0v) is 8.17. The van der Waals surface area contributed by atoms with E-state index >= 15 is 0 Å². The van der Waals surface area contributed by atoms with E-state index in [4.69, 9.17) is 4.74 Å². The molecule has 74 valence electrons. The molecule has 1 N–H and O–H groups in total. The minimum atomic E-state index is -0.454. The molecule has 1 heterocycles. The van der Waals surface area contributed by atoms with Crippen molar-refractivity contribution in [1.29, 1.82) is 0 Å². The second-order valence-electron chi connectivity index (χ2n) is 4.73. The first-order valence-corrected chi connectivity index (χ1v) is 4.86. The molecule has 0 unspecified atom stereocenters. The first-order valence-electron chi connectivity index (χ1n) is 4.86. The highest BCUT2D eigenvalue weighted by molar-refractivity contribution is 5.80. The third-order valence-electron chi connectivity index (χ3n) is 4.10. The van der Waals surface area contributed by atoms with Gasteiger partial charge in [-0.15, -0.1) is 0 Å². The molecule has 1 aliphatic carbocycles. The highest BCUT2D eigenvalue weighted by Crippen LogP contribution is 2.54. The molecular formula is C10H16O3. The van der Waals surface area contributed by atoms with Gasteiger partial charge >= 0.3 is 5.97 Å². The van der Waals surface area contributed by atoms with Crippen molar-refractivity contribution < 1.29 is 14.6 Å². The monoisotopic (exact) mass is 184 g/mol. The summed E-state index contributed by atoms with van der Waals surface area (Å²) in [7, 11) is 0. The third kappa shape index (κ3) is 0.909. The van der Waals surface area contributed by atoms with Crippen molar-refractivity contribution in [3.05, 3.63) is 0 Å². The number of carbonyl (C=O) groups excluding carboxylic acids is 1. The molecular weight excluding hydrogens is 168 g/mol. The van der Waals surface area contributed by atoms with E-state index in [1.807, 2.05) is 13.8 Å². The van der Waals surface area contributed by atoms with Crippen molar-refractivity contribution in [2.45, 2.75) is 39.2 Å². The van der Waals surface area contributed by atoms with Crippen LogP contribution < -0.4 is 0 Å². The van der Waals surface area contributed by atoms with Crippen LogP contribution in [0, 0.1) is 10.8 Å². The molecule has 2 aliphatic rings. The lowest BCUT2D eigenvalue weighted by atomic mass is 9.58. The van der Waals surface area contributed by atoms with Crippen LogP contribution in [0.25, 0.3) is 0 Å². The van der Waals surface area contributed by atoms with Gasteiger partial charge in [-0.2, -0.15) is 0 Å². The molecule has 3 heteroatoms. The van der Waals surface area contributed by atoms with Crippen LogP contribution in [0.15, 0.2) is 0 Å². The van der Waals surface area contributed by atoms with E-state index in [9.17, 15) is 9.90 Å². The first-order chi connectivity index (χ1) is 6.01. The molecule has 0 aromatic rings. The largest absolute Gasteiger partial charge is 0.465 e. The van der Waals surface area contributed by atoms with Crippen molar-refractivity contribution in [3.8, 4) is 0 Å². The van der Waals surface area contributed by atoms with Crippen molar-refractivity contribution in [2.24, 2.45) is 10.8 Å². The number of carbonyl (C=O) groups is 1. The summed E-state index contributed by atoms with van der Waals surface area (Å²) in [5.74, 6) is -0.131. The van der Waals surface area contributed by atoms with E-state index in [1.54, 1.807) is 0 Å². The Balaban J connectivity index is 2.40. The number of hydrogen-bond donors (Lipinski definition) is 1. The fourth-order valence-corrected chi connectivity index (χ4v) is 2.59. The van der Waals surface area contributed by atoms with Gasteiger partial charge in [0.25, 0.3) is 0 Å². The topological polar surface area (TPSA) is 46.5 Å². The second kappa shape index (κ2) is 2.47. The zero-order chi connectivity index (χ0) is 9.69. The van der Waals surface area contributed by atoms with Gasteiger partial charge in [-0.1, -0.05) is 6.92 Å². The van der Waals surface area contributed by atoms with Gasteiger partial charge in [0, 0.05) is 5.41 Å². The molecule has 2 rings (SSSR count). The Morgan fingerprint density at radius 2 is 2.23 bits per heavy atom. The summed E-state index contributed by atoms with van der Waals surface area (Å²) in [6, 6.07) is 0. The van der Waals surface area contributed by atoms with Crippen LogP contribution in [0.4, 0.5) is 0 Å². The summed E-state index contributed by atoms with van der Waals surface area (Å²) < 4.78 is 5.08. The van der Waals surface area contributed by atoms with Gasteiger partial charge in [0.2, 0.25) is 0 Å². The van der Waals surface area contributed by atoms with Crippen molar-refractivity contribution >= 4 is 5.97 Å². The van der Waals surface area contributed by atoms with Gasteiger partial charge < -0.3 is 9.84 Å². The fourth-order valence-electron chi connectivity index (χ4n) is 2.59. The highest BCUT2D eigenvalue weighted by Gasteiger charge is 2.61. The molecule has 13 heavy (non-hydrogen) atoms. The van der Waals surface area contributed by atoms with Crippen molar-refractivity contribution in [2.75, 3.05) is 6.61 Å². The predicted octanol–water partition coefficient (Wildman–Crippen LogP) is 1.10. The molecule has 1 aliphatic heterocycles. The van der Waals surface area contributed by atoms with Crippen LogP contribution in [0.5, 0.6) is 0 Å². The number of fused-ring (bicyclic) bond motifs is 1. The van der Waals surface area contributed by atoms with Gasteiger partial charge in [-0.25, -0.2) is 0 Å². The Hall–Kier alpha value is -0.570. The number of aliphatic hydroxyl groups is 1. The molecule has 0 aromatic heterocycles. The lowest BCUT2D eigenvalue weighted by molar-refractivity contribution is -0.149. The average molecular weight is 184 g/mol. The molecule has 3 atom stereocenters. The number of cyclic esters (lactones) is 1. The number of aliphatic hydroxyl groups excluding tert-OH is 1. The Morgan fingerprint density at radius 1 is 1.54 bits per heavy atom. The molecule has 0 amide bonds. The van der Waals surface area contributed by atoms with Gasteiger partial charge in [-0.3, -0.25) is 4.79 Å². The van der Waals surface area contributed by atoms with E-state index < -0.39 is 11.5 Å². The van der Waals surface area contributed by atoms with Gasteiger partial charge in [0.05, 0.1) is 11.5 Å². The fraction of sp³-hybridized carbons (Fsp3) is 0.900. The van der Waals surface area contributed by atoms with Crippen LogP contribution in [0.3, 0.4) is 0 Å². The van der Waals surface area contributed by atoms with Crippen molar-refractivity contribution in [3.63, 3.8) is 0 Å². The third-order valence-corrected chi connectivity index (χ3v) is 4.10. The Bertz CT molecular complexity index is 251. The average Bonchev–Trinajstić information content (AvgIpc) is 2.31. The normalized spacial score (nSPS) is 50.1. The Kier molecular flexibility index (Phi) is 1.71. The van der Waals surface area contributed by atoms with Crippen LogP contribution >= 0.6 is 0 Å². The molecule has 3 nitrogen and oxygen atoms in total. The molecule has 0 spiro atoms. The minimum Gasteiger partial charge on any atom is -0.465 e. The lowest BCUT2D eigenvalue weighted by Crippen LogP contribution is -2.50. The minimum absolute atomic E-state index is 0.131. The first kappa shape index (κ1) is 9.00.